The lowest BCUT2D eigenvalue weighted by molar-refractivity contribution is -0.0665. The van der Waals surface area contributed by atoms with Crippen molar-refractivity contribution in [3.05, 3.63) is 34.1 Å². The molecule has 0 bridgehead atoms. The average Bonchev–Trinajstić information content (AvgIpc) is 2.23. The van der Waals surface area contributed by atoms with Gasteiger partial charge in [0.05, 0.1) is 13.2 Å². The summed E-state index contributed by atoms with van der Waals surface area (Å²) in [6.07, 6.45) is 1.45. The zero-order valence-electron chi connectivity index (χ0n) is 9.80. The molecule has 0 atom stereocenters. The van der Waals surface area contributed by atoms with Crippen LogP contribution in [0.4, 0.5) is 4.39 Å². The molecule has 0 radical (unpaired) electrons. The Kier molecular flexibility index (Phi) is 3.71. The van der Waals surface area contributed by atoms with E-state index in [1.54, 1.807) is 13.0 Å². The average molecular weight is 259 g/mol. The second-order valence-electron chi connectivity index (χ2n) is 4.68. The molecule has 0 aliphatic carbocycles. The molecule has 4 heteroatoms. The van der Waals surface area contributed by atoms with Crippen LogP contribution >= 0.6 is 11.6 Å². The van der Waals surface area contributed by atoms with Crippen molar-refractivity contribution in [1.82, 2.24) is 0 Å². The van der Waals surface area contributed by atoms with E-state index < -0.39 is 0 Å². The third kappa shape index (κ3) is 2.32. The molecule has 1 saturated heterocycles. The van der Waals surface area contributed by atoms with Crippen LogP contribution in [-0.4, -0.2) is 24.9 Å². The summed E-state index contributed by atoms with van der Waals surface area (Å²) in [5.74, 6) is -0.236. The van der Waals surface area contributed by atoms with Gasteiger partial charge in [-0.1, -0.05) is 11.6 Å². The smallest absolute Gasteiger partial charge is 0.126 e. The molecule has 94 valence electrons. The maximum absolute atomic E-state index is 13.6. The minimum Gasteiger partial charge on any atom is -0.396 e. The molecule has 17 heavy (non-hydrogen) atoms. The van der Waals surface area contributed by atoms with Gasteiger partial charge < -0.3 is 9.84 Å². The first-order chi connectivity index (χ1) is 8.09. The van der Waals surface area contributed by atoms with E-state index in [2.05, 4.69) is 0 Å². The zero-order valence-corrected chi connectivity index (χ0v) is 10.6. The van der Waals surface area contributed by atoms with Crippen molar-refractivity contribution in [1.29, 1.82) is 0 Å². The van der Waals surface area contributed by atoms with Crippen molar-refractivity contribution in [2.45, 2.75) is 25.2 Å². The molecule has 0 amide bonds. The van der Waals surface area contributed by atoms with Gasteiger partial charge in [-0.05, 0) is 43.0 Å². The van der Waals surface area contributed by atoms with Crippen LogP contribution in [0, 0.1) is 12.7 Å². The molecule has 0 spiro atoms. The topological polar surface area (TPSA) is 29.5 Å². The number of hydrogen-bond donors (Lipinski definition) is 1. The van der Waals surface area contributed by atoms with Crippen LogP contribution in [0.25, 0.3) is 0 Å². The van der Waals surface area contributed by atoms with Crippen LogP contribution in [0.3, 0.4) is 0 Å². The van der Waals surface area contributed by atoms with Crippen molar-refractivity contribution in [3.8, 4) is 0 Å². The zero-order chi connectivity index (χ0) is 12.5. The predicted molar refractivity (Wildman–Crippen MR) is 65.0 cm³/mol. The van der Waals surface area contributed by atoms with Gasteiger partial charge in [0, 0.05) is 17.0 Å². The van der Waals surface area contributed by atoms with Crippen LogP contribution in [0.5, 0.6) is 0 Å². The maximum atomic E-state index is 13.6. The second kappa shape index (κ2) is 4.92. The molecule has 2 nitrogen and oxygen atoms in total. The van der Waals surface area contributed by atoms with E-state index in [1.807, 2.05) is 0 Å². The van der Waals surface area contributed by atoms with Crippen LogP contribution in [0.15, 0.2) is 12.1 Å². The number of aliphatic hydroxyl groups is 1. The van der Waals surface area contributed by atoms with Crippen LogP contribution < -0.4 is 0 Å². The van der Waals surface area contributed by atoms with Gasteiger partial charge in [0.25, 0.3) is 0 Å². The fourth-order valence-electron chi connectivity index (χ4n) is 2.25. The Labute approximate surface area is 105 Å². The Bertz CT molecular complexity index is 416. The van der Waals surface area contributed by atoms with E-state index in [0.29, 0.717) is 30.2 Å². The third-order valence-electron chi connectivity index (χ3n) is 3.39. The summed E-state index contributed by atoms with van der Waals surface area (Å²) in [5, 5.41) is 9.50. The normalized spacial score (nSPS) is 17.9. The molecular formula is C13H16ClFO2. The van der Waals surface area contributed by atoms with Gasteiger partial charge >= 0.3 is 0 Å². The van der Waals surface area contributed by atoms with Crippen molar-refractivity contribution in [3.63, 3.8) is 0 Å². The summed E-state index contributed by atoms with van der Waals surface area (Å²) in [5.41, 5.74) is 1.15. The molecule has 1 heterocycles. The van der Waals surface area contributed by atoms with Crippen LogP contribution in [0.2, 0.25) is 5.02 Å². The highest BCUT2D eigenvalue weighted by Gasteiger charge is 2.41. The van der Waals surface area contributed by atoms with E-state index in [1.165, 1.54) is 6.07 Å². The molecule has 1 aromatic rings. The first-order valence-electron chi connectivity index (χ1n) is 5.74. The number of halogens is 2. The lowest BCUT2D eigenvalue weighted by Gasteiger charge is -2.42. The third-order valence-corrected chi connectivity index (χ3v) is 3.70. The van der Waals surface area contributed by atoms with Gasteiger partial charge in [-0.2, -0.15) is 0 Å². The number of aryl methyl sites for hydroxylation is 1. The van der Waals surface area contributed by atoms with E-state index >= 15 is 0 Å². The quantitative estimate of drug-likeness (QED) is 0.900. The molecule has 1 aliphatic rings. The van der Waals surface area contributed by atoms with Gasteiger partial charge in [-0.3, -0.25) is 0 Å². The summed E-state index contributed by atoms with van der Waals surface area (Å²) < 4.78 is 18.9. The lowest BCUT2D eigenvalue weighted by Crippen LogP contribution is -2.47. The summed E-state index contributed by atoms with van der Waals surface area (Å²) in [7, 11) is 0. The molecule has 1 aliphatic heterocycles. The summed E-state index contributed by atoms with van der Waals surface area (Å²) in [6.45, 7) is 2.93. The number of aliphatic hydroxyl groups excluding tert-OH is 1. The van der Waals surface area contributed by atoms with Crippen LogP contribution in [0.1, 0.15) is 24.0 Å². The summed E-state index contributed by atoms with van der Waals surface area (Å²) >= 11 is 6.19. The predicted octanol–water partition coefficient (Wildman–Crippen LogP) is 2.83. The number of hydrogen-bond acceptors (Lipinski definition) is 2. The number of rotatable bonds is 4. The standard InChI is InChI=1S/C13H16ClFO2/c1-9-5-11(14)10(6-12(9)15)13(3-2-4-16)7-17-8-13/h5-6,16H,2-4,7-8H2,1H3. The van der Waals surface area contributed by atoms with E-state index in [0.717, 1.165) is 12.0 Å². The van der Waals surface area contributed by atoms with E-state index in [9.17, 15) is 4.39 Å². The van der Waals surface area contributed by atoms with E-state index in [4.69, 9.17) is 21.4 Å². The molecule has 1 N–H and O–H groups in total. The lowest BCUT2D eigenvalue weighted by atomic mass is 9.75. The molecule has 2 rings (SSSR count). The highest BCUT2D eigenvalue weighted by atomic mass is 35.5. The minimum absolute atomic E-state index is 0.133. The van der Waals surface area contributed by atoms with Crippen LogP contribution in [-0.2, 0) is 10.2 Å². The van der Waals surface area contributed by atoms with Crippen molar-refractivity contribution in [2.75, 3.05) is 19.8 Å². The molecule has 1 aromatic carbocycles. The Morgan fingerprint density at radius 2 is 2.18 bits per heavy atom. The highest BCUT2D eigenvalue weighted by molar-refractivity contribution is 6.31. The van der Waals surface area contributed by atoms with Crippen molar-refractivity contribution >= 4 is 11.6 Å². The number of ether oxygens (including phenoxy) is 1. The van der Waals surface area contributed by atoms with E-state index in [-0.39, 0.29) is 17.8 Å². The minimum atomic E-state index is -0.236. The molecule has 1 fully saturated rings. The van der Waals surface area contributed by atoms with Gasteiger partial charge in [0.1, 0.15) is 5.82 Å². The van der Waals surface area contributed by atoms with Gasteiger partial charge in [0.15, 0.2) is 0 Å². The van der Waals surface area contributed by atoms with Crippen molar-refractivity contribution < 1.29 is 14.2 Å². The largest absolute Gasteiger partial charge is 0.396 e. The Hall–Kier alpha value is -0.640. The molecule has 0 aromatic heterocycles. The van der Waals surface area contributed by atoms with Gasteiger partial charge in [-0.15, -0.1) is 0 Å². The van der Waals surface area contributed by atoms with Crippen molar-refractivity contribution in [2.24, 2.45) is 0 Å². The SMILES string of the molecule is Cc1cc(Cl)c(C2(CCCO)COC2)cc1F. The molecular weight excluding hydrogens is 243 g/mol. The Balaban J connectivity index is 2.34. The van der Waals surface area contributed by atoms with Gasteiger partial charge in [-0.25, -0.2) is 4.39 Å². The first-order valence-corrected chi connectivity index (χ1v) is 6.11. The Morgan fingerprint density at radius 1 is 1.47 bits per heavy atom. The Morgan fingerprint density at radius 3 is 2.71 bits per heavy atom. The monoisotopic (exact) mass is 258 g/mol. The molecule has 0 unspecified atom stereocenters. The van der Waals surface area contributed by atoms with Gasteiger partial charge in [0.2, 0.25) is 0 Å². The highest BCUT2D eigenvalue weighted by Crippen LogP contribution is 2.41. The maximum Gasteiger partial charge on any atom is 0.126 e. The number of benzene rings is 1. The second-order valence-corrected chi connectivity index (χ2v) is 5.09. The fraction of sp³-hybridized carbons (Fsp3) is 0.538. The molecule has 0 saturated carbocycles. The summed E-state index contributed by atoms with van der Waals surface area (Å²) in [4.78, 5) is 0. The summed E-state index contributed by atoms with van der Waals surface area (Å²) in [6, 6.07) is 3.17. The fourth-order valence-corrected chi connectivity index (χ4v) is 2.67. The first kappa shape index (κ1) is 12.8.